The zero-order valence-electron chi connectivity index (χ0n) is 10.4. The van der Waals surface area contributed by atoms with Crippen molar-refractivity contribution in [1.29, 1.82) is 0 Å². The van der Waals surface area contributed by atoms with Crippen molar-refractivity contribution in [2.45, 2.75) is 5.09 Å². The largest absolute Gasteiger partial charge is 0.449 e. The summed E-state index contributed by atoms with van der Waals surface area (Å²) in [5, 5.41) is 1.29. The molecule has 0 amide bonds. The third-order valence-corrected chi connectivity index (χ3v) is 3.67. The van der Waals surface area contributed by atoms with Crippen molar-refractivity contribution in [3.05, 3.63) is 64.8 Å². The lowest BCUT2D eigenvalue weighted by Gasteiger charge is -2.07. The summed E-state index contributed by atoms with van der Waals surface area (Å²) in [5.41, 5.74) is 2.20. The average molecular weight is 268 g/mol. The van der Waals surface area contributed by atoms with Crippen LogP contribution in [0.3, 0.4) is 0 Å². The molecule has 0 saturated carbocycles. The van der Waals surface area contributed by atoms with Gasteiger partial charge in [0, 0.05) is 0 Å². The van der Waals surface area contributed by atoms with E-state index in [4.69, 9.17) is 4.42 Å². The summed E-state index contributed by atoms with van der Waals surface area (Å²) in [7, 11) is 0. The van der Waals surface area contributed by atoms with Gasteiger partial charge in [-0.25, -0.2) is 0 Å². The van der Waals surface area contributed by atoms with Gasteiger partial charge in [-0.15, -0.1) is 0 Å². The maximum absolute atomic E-state index is 12.6. The Morgan fingerprint density at radius 3 is 2.37 bits per heavy atom. The Morgan fingerprint density at radius 2 is 1.63 bits per heavy atom. The molecule has 0 aliphatic heterocycles. The molecule has 0 unspecified atom stereocenters. The van der Waals surface area contributed by atoms with E-state index in [1.54, 1.807) is 6.07 Å². The maximum Gasteiger partial charge on any atom is 0.201 e. The molecule has 3 heteroatoms. The summed E-state index contributed by atoms with van der Waals surface area (Å²) in [6.45, 7) is 0. The number of hydrogen-bond donors (Lipinski definition) is 0. The molecule has 0 aliphatic rings. The van der Waals surface area contributed by atoms with Crippen molar-refractivity contribution >= 4 is 22.7 Å². The van der Waals surface area contributed by atoms with Crippen molar-refractivity contribution in [1.82, 2.24) is 0 Å². The number of thioether (sulfide) groups is 1. The first-order chi connectivity index (χ1) is 9.31. The number of rotatable bonds is 2. The third kappa shape index (κ3) is 2.06. The van der Waals surface area contributed by atoms with Crippen LogP contribution in [0.5, 0.6) is 0 Å². The van der Waals surface area contributed by atoms with Gasteiger partial charge < -0.3 is 4.42 Å². The predicted octanol–water partition coefficient (Wildman–Crippen LogP) is 4.18. The van der Waals surface area contributed by atoms with E-state index in [2.05, 4.69) is 0 Å². The number of hydrogen-bond acceptors (Lipinski definition) is 3. The monoisotopic (exact) mass is 268 g/mol. The highest BCUT2D eigenvalue weighted by atomic mass is 32.2. The molecule has 0 aliphatic carbocycles. The fraction of sp³-hybridized carbons (Fsp3) is 0.0625. The maximum atomic E-state index is 12.6. The molecule has 94 valence electrons. The van der Waals surface area contributed by atoms with E-state index >= 15 is 0 Å². The molecule has 0 saturated heterocycles. The minimum absolute atomic E-state index is 0.0254. The Balaban J connectivity index is 2.41. The van der Waals surface area contributed by atoms with Crippen LogP contribution in [-0.2, 0) is 0 Å². The molecule has 1 aromatic heterocycles. The molecule has 0 atom stereocenters. The van der Waals surface area contributed by atoms with Crippen LogP contribution in [0.2, 0.25) is 0 Å². The fourth-order valence-corrected chi connectivity index (χ4v) is 2.71. The van der Waals surface area contributed by atoms with E-state index in [0.29, 0.717) is 21.6 Å². The first-order valence-electron chi connectivity index (χ1n) is 5.96. The first-order valence-corrected chi connectivity index (χ1v) is 7.19. The van der Waals surface area contributed by atoms with Crippen LogP contribution in [0, 0.1) is 0 Å². The lowest BCUT2D eigenvalue weighted by Crippen LogP contribution is -2.06. The highest BCUT2D eigenvalue weighted by molar-refractivity contribution is 7.98. The van der Waals surface area contributed by atoms with Gasteiger partial charge in [-0.1, -0.05) is 54.2 Å². The minimum Gasteiger partial charge on any atom is -0.449 e. The van der Waals surface area contributed by atoms with Crippen molar-refractivity contribution < 1.29 is 4.42 Å². The van der Waals surface area contributed by atoms with E-state index in [1.165, 1.54) is 11.8 Å². The van der Waals surface area contributed by atoms with Gasteiger partial charge in [0.15, 0.2) is 5.09 Å². The molecule has 0 fully saturated rings. The molecule has 0 spiro atoms. The van der Waals surface area contributed by atoms with Crippen LogP contribution < -0.4 is 5.43 Å². The molecule has 2 aromatic carbocycles. The quantitative estimate of drug-likeness (QED) is 0.653. The zero-order chi connectivity index (χ0) is 13.2. The molecule has 2 nitrogen and oxygen atoms in total. The topological polar surface area (TPSA) is 30.2 Å². The van der Waals surface area contributed by atoms with E-state index in [-0.39, 0.29) is 5.43 Å². The van der Waals surface area contributed by atoms with Gasteiger partial charge in [0.1, 0.15) is 5.58 Å². The standard InChI is InChI=1S/C16H12O2S/c1-19-16-14(11-7-3-2-4-8-11)15(17)12-9-5-6-10-13(12)18-16/h2-10H,1H3. The van der Waals surface area contributed by atoms with Gasteiger partial charge >= 0.3 is 0 Å². The van der Waals surface area contributed by atoms with Gasteiger partial charge in [0.05, 0.1) is 10.9 Å². The van der Waals surface area contributed by atoms with Gasteiger partial charge in [-0.05, 0) is 24.0 Å². The summed E-state index contributed by atoms with van der Waals surface area (Å²) in [4.78, 5) is 12.6. The minimum atomic E-state index is 0.0254. The van der Waals surface area contributed by atoms with Crippen LogP contribution in [0.25, 0.3) is 22.1 Å². The van der Waals surface area contributed by atoms with Crippen LogP contribution in [0.4, 0.5) is 0 Å². The van der Waals surface area contributed by atoms with Crippen LogP contribution in [-0.4, -0.2) is 6.26 Å². The lowest BCUT2D eigenvalue weighted by atomic mass is 10.1. The molecular weight excluding hydrogens is 256 g/mol. The Hall–Kier alpha value is -2.00. The molecule has 19 heavy (non-hydrogen) atoms. The van der Waals surface area contributed by atoms with E-state index in [9.17, 15) is 4.79 Å². The van der Waals surface area contributed by atoms with Crippen molar-refractivity contribution in [2.24, 2.45) is 0 Å². The number of benzene rings is 2. The Kier molecular flexibility index (Phi) is 3.13. The molecule has 1 heterocycles. The molecule has 0 radical (unpaired) electrons. The van der Waals surface area contributed by atoms with Crippen LogP contribution in [0.15, 0.2) is 68.9 Å². The SMILES string of the molecule is CSc1oc2ccccc2c(=O)c1-c1ccccc1. The normalized spacial score (nSPS) is 10.8. The van der Waals surface area contributed by atoms with Crippen molar-refractivity contribution in [2.75, 3.05) is 6.26 Å². The van der Waals surface area contributed by atoms with E-state index in [0.717, 1.165) is 5.56 Å². The van der Waals surface area contributed by atoms with Crippen molar-refractivity contribution in [3.63, 3.8) is 0 Å². The van der Waals surface area contributed by atoms with Crippen LogP contribution in [0.1, 0.15) is 0 Å². The second kappa shape index (κ2) is 4.94. The van der Waals surface area contributed by atoms with E-state index in [1.807, 2.05) is 54.8 Å². The van der Waals surface area contributed by atoms with Crippen molar-refractivity contribution in [3.8, 4) is 11.1 Å². The average Bonchev–Trinajstić information content (AvgIpc) is 2.48. The second-order valence-electron chi connectivity index (χ2n) is 4.16. The van der Waals surface area contributed by atoms with Gasteiger partial charge in [0.25, 0.3) is 0 Å². The van der Waals surface area contributed by atoms with Gasteiger partial charge in [0.2, 0.25) is 5.43 Å². The second-order valence-corrected chi connectivity index (χ2v) is 4.94. The predicted molar refractivity (Wildman–Crippen MR) is 79.7 cm³/mol. The smallest absolute Gasteiger partial charge is 0.201 e. The fourth-order valence-electron chi connectivity index (χ4n) is 2.12. The van der Waals surface area contributed by atoms with Crippen LogP contribution >= 0.6 is 11.8 Å². The van der Waals surface area contributed by atoms with E-state index < -0.39 is 0 Å². The lowest BCUT2D eigenvalue weighted by molar-refractivity contribution is 0.504. The zero-order valence-corrected chi connectivity index (χ0v) is 11.2. The Morgan fingerprint density at radius 1 is 0.947 bits per heavy atom. The summed E-state index contributed by atoms with van der Waals surface area (Å²) < 4.78 is 5.84. The summed E-state index contributed by atoms with van der Waals surface area (Å²) in [6, 6.07) is 17.0. The highest BCUT2D eigenvalue weighted by Gasteiger charge is 2.14. The molecule has 0 N–H and O–H groups in total. The first kappa shape index (κ1) is 12.1. The van der Waals surface area contributed by atoms with Gasteiger partial charge in [-0.3, -0.25) is 4.79 Å². The molecule has 3 rings (SSSR count). The van der Waals surface area contributed by atoms with Gasteiger partial charge in [-0.2, -0.15) is 0 Å². The Bertz CT molecular complexity index is 776. The number of fused-ring (bicyclic) bond motifs is 1. The molecule has 3 aromatic rings. The summed E-state index contributed by atoms with van der Waals surface area (Å²) in [5.74, 6) is 0. The summed E-state index contributed by atoms with van der Waals surface area (Å²) in [6.07, 6.45) is 1.92. The molecular formula is C16H12O2S. The highest BCUT2D eigenvalue weighted by Crippen LogP contribution is 2.30. The summed E-state index contributed by atoms with van der Waals surface area (Å²) >= 11 is 1.45. The third-order valence-electron chi connectivity index (χ3n) is 3.01. The molecule has 0 bridgehead atoms. The number of para-hydroxylation sites is 1. The Labute approximate surface area is 115 Å².